The van der Waals surface area contributed by atoms with Crippen LogP contribution in [0.15, 0.2) is 18.2 Å². The van der Waals surface area contributed by atoms with Crippen LogP contribution >= 0.6 is 0 Å². The second-order valence-electron chi connectivity index (χ2n) is 7.05. The van der Waals surface area contributed by atoms with Gasteiger partial charge in [0.15, 0.2) is 21.3 Å². The van der Waals surface area contributed by atoms with Gasteiger partial charge in [0, 0.05) is 0 Å². The number of hydrogen-bond donors (Lipinski definition) is 1. The van der Waals surface area contributed by atoms with Crippen LogP contribution in [0, 0.1) is 0 Å². The number of benzene rings is 1. The Morgan fingerprint density at radius 1 is 1.07 bits per heavy atom. The molecule has 0 aliphatic heterocycles. The van der Waals surface area contributed by atoms with Gasteiger partial charge in [-0.05, 0) is 37.5 Å². The molecule has 1 rings (SSSR count). The second-order valence-corrected chi connectivity index (χ2v) is 9.24. The zero-order chi connectivity index (χ0) is 21.0. The van der Waals surface area contributed by atoms with Crippen LogP contribution < -0.4 is 14.8 Å². The Hall–Kier alpha value is -1.76. The topological polar surface area (TPSA) is 81.7 Å². The molecular weight excluding hydrogens is 378 g/mol. The van der Waals surface area contributed by atoms with Crippen LogP contribution in [-0.2, 0) is 14.6 Å². The van der Waals surface area contributed by atoms with Gasteiger partial charge in [-0.25, -0.2) is 8.42 Å². The lowest BCUT2D eigenvalue weighted by molar-refractivity contribution is -0.119. The van der Waals surface area contributed by atoms with Gasteiger partial charge in [0.1, 0.15) is 5.75 Å². The number of sulfone groups is 1. The zero-order valence-electron chi connectivity index (χ0n) is 17.6. The van der Waals surface area contributed by atoms with Crippen molar-refractivity contribution in [2.75, 3.05) is 25.2 Å². The number of hydrogen-bond acceptors (Lipinski definition) is 5. The average molecular weight is 414 g/mol. The van der Waals surface area contributed by atoms with E-state index in [1.807, 2.05) is 32.0 Å². The minimum atomic E-state index is -3.37. The van der Waals surface area contributed by atoms with E-state index in [4.69, 9.17) is 9.47 Å². The van der Waals surface area contributed by atoms with E-state index in [1.165, 1.54) is 0 Å². The molecule has 0 spiro atoms. The minimum Gasteiger partial charge on any atom is -0.493 e. The first-order valence-electron chi connectivity index (χ1n) is 10.1. The smallest absolute Gasteiger partial charge is 0.235 e. The molecule has 160 valence electrons. The first-order chi connectivity index (χ1) is 13.3. The summed E-state index contributed by atoms with van der Waals surface area (Å²) in [6.45, 7) is 6.60. The lowest BCUT2D eigenvalue weighted by Crippen LogP contribution is -2.33. The van der Waals surface area contributed by atoms with Gasteiger partial charge in [0.25, 0.3) is 0 Å². The average Bonchev–Trinajstić information content (AvgIpc) is 2.64. The SMILES string of the molecule is CCCCCOc1ccc(C(C)NC(=O)CS(=O)(=O)CCCCC)cc1OC. The van der Waals surface area contributed by atoms with Crippen molar-refractivity contribution in [1.82, 2.24) is 5.32 Å². The number of ether oxygens (including phenoxy) is 2. The van der Waals surface area contributed by atoms with Crippen LogP contribution in [0.1, 0.15) is 70.9 Å². The lowest BCUT2D eigenvalue weighted by Gasteiger charge is -2.17. The Labute approximate surface area is 169 Å². The Balaban J connectivity index is 2.65. The summed E-state index contributed by atoms with van der Waals surface area (Å²) in [7, 11) is -1.80. The third-order valence-electron chi connectivity index (χ3n) is 4.48. The fourth-order valence-electron chi connectivity index (χ4n) is 2.82. The van der Waals surface area contributed by atoms with Crippen LogP contribution in [0.25, 0.3) is 0 Å². The Morgan fingerprint density at radius 2 is 1.75 bits per heavy atom. The van der Waals surface area contributed by atoms with E-state index in [-0.39, 0.29) is 11.8 Å². The number of nitrogens with one attached hydrogen (secondary N) is 1. The van der Waals surface area contributed by atoms with Gasteiger partial charge < -0.3 is 14.8 Å². The van der Waals surface area contributed by atoms with Crippen LogP contribution in [-0.4, -0.2) is 39.5 Å². The highest BCUT2D eigenvalue weighted by Crippen LogP contribution is 2.30. The number of methoxy groups -OCH3 is 1. The third-order valence-corrected chi connectivity index (χ3v) is 6.09. The largest absolute Gasteiger partial charge is 0.493 e. The van der Waals surface area contributed by atoms with Crippen LogP contribution in [0.3, 0.4) is 0 Å². The number of amides is 1. The molecule has 0 radical (unpaired) electrons. The molecule has 1 aromatic rings. The predicted molar refractivity (Wildman–Crippen MR) is 113 cm³/mol. The molecular formula is C21H35NO5S. The summed E-state index contributed by atoms with van der Waals surface area (Å²) in [6, 6.07) is 5.17. The molecule has 0 bridgehead atoms. The summed E-state index contributed by atoms with van der Waals surface area (Å²) < 4.78 is 35.2. The summed E-state index contributed by atoms with van der Waals surface area (Å²) in [5, 5.41) is 2.76. The maximum Gasteiger partial charge on any atom is 0.235 e. The van der Waals surface area contributed by atoms with Crippen molar-refractivity contribution in [3.8, 4) is 11.5 Å². The fourth-order valence-corrected chi connectivity index (χ4v) is 4.09. The van der Waals surface area contributed by atoms with Crippen molar-refractivity contribution in [3.63, 3.8) is 0 Å². The van der Waals surface area contributed by atoms with Gasteiger partial charge in [-0.1, -0.05) is 45.6 Å². The number of rotatable bonds is 14. The maximum atomic E-state index is 12.2. The van der Waals surface area contributed by atoms with Gasteiger partial charge in [-0.3, -0.25) is 4.79 Å². The zero-order valence-corrected chi connectivity index (χ0v) is 18.4. The standard InChI is InChI=1S/C21H35NO5S/c1-5-7-9-13-27-19-12-11-18(15-20(19)26-4)17(3)22-21(23)16-28(24,25)14-10-8-6-2/h11-12,15,17H,5-10,13-14,16H2,1-4H3,(H,22,23). The Kier molecular flexibility index (Phi) is 11.0. The maximum absolute atomic E-state index is 12.2. The highest BCUT2D eigenvalue weighted by atomic mass is 32.2. The highest BCUT2D eigenvalue weighted by Gasteiger charge is 2.19. The molecule has 0 aliphatic rings. The molecule has 28 heavy (non-hydrogen) atoms. The van der Waals surface area contributed by atoms with E-state index in [0.29, 0.717) is 24.5 Å². The highest BCUT2D eigenvalue weighted by molar-refractivity contribution is 7.92. The number of unbranched alkanes of at least 4 members (excludes halogenated alkanes) is 4. The van der Waals surface area contributed by atoms with Crippen LogP contribution in [0.5, 0.6) is 11.5 Å². The molecule has 1 aromatic carbocycles. The quantitative estimate of drug-likeness (QED) is 0.465. The Morgan fingerprint density at radius 3 is 2.39 bits per heavy atom. The van der Waals surface area contributed by atoms with Gasteiger partial charge in [-0.2, -0.15) is 0 Å². The second kappa shape index (κ2) is 12.6. The van der Waals surface area contributed by atoms with Crippen LogP contribution in [0.4, 0.5) is 0 Å². The lowest BCUT2D eigenvalue weighted by atomic mass is 10.1. The van der Waals surface area contributed by atoms with E-state index >= 15 is 0 Å². The molecule has 0 heterocycles. The fraction of sp³-hybridized carbons (Fsp3) is 0.667. The van der Waals surface area contributed by atoms with Gasteiger partial charge in [-0.15, -0.1) is 0 Å². The van der Waals surface area contributed by atoms with Gasteiger partial charge >= 0.3 is 0 Å². The molecule has 1 amide bonds. The summed E-state index contributed by atoms with van der Waals surface area (Å²) >= 11 is 0. The summed E-state index contributed by atoms with van der Waals surface area (Å²) in [5.74, 6) is 0.363. The van der Waals surface area contributed by atoms with Crippen molar-refractivity contribution >= 4 is 15.7 Å². The van der Waals surface area contributed by atoms with Gasteiger partial charge in [0.2, 0.25) is 5.91 Å². The van der Waals surface area contributed by atoms with E-state index in [1.54, 1.807) is 7.11 Å². The summed E-state index contributed by atoms with van der Waals surface area (Å²) in [6.07, 6.45) is 5.62. The number of carbonyl (C=O) groups is 1. The normalized spacial score (nSPS) is 12.4. The van der Waals surface area contributed by atoms with E-state index < -0.39 is 21.5 Å². The monoisotopic (exact) mass is 413 g/mol. The van der Waals surface area contributed by atoms with Crippen molar-refractivity contribution in [3.05, 3.63) is 23.8 Å². The van der Waals surface area contributed by atoms with E-state index in [0.717, 1.165) is 37.7 Å². The molecule has 0 fully saturated rings. The Bertz CT molecular complexity index is 703. The summed E-state index contributed by atoms with van der Waals surface area (Å²) in [5.41, 5.74) is 0.828. The minimum absolute atomic E-state index is 0.0561. The first kappa shape index (κ1) is 24.3. The summed E-state index contributed by atoms with van der Waals surface area (Å²) in [4.78, 5) is 12.2. The van der Waals surface area contributed by atoms with Crippen molar-refractivity contribution in [1.29, 1.82) is 0 Å². The molecule has 1 unspecified atom stereocenters. The van der Waals surface area contributed by atoms with E-state index in [9.17, 15) is 13.2 Å². The molecule has 6 nitrogen and oxygen atoms in total. The number of carbonyl (C=O) groups excluding carboxylic acids is 1. The van der Waals surface area contributed by atoms with Crippen molar-refractivity contribution in [2.45, 2.75) is 65.3 Å². The van der Waals surface area contributed by atoms with Crippen molar-refractivity contribution in [2.24, 2.45) is 0 Å². The van der Waals surface area contributed by atoms with Crippen molar-refractivity contribution < 1.29 is 22.7 Å². The van der Waals surface area contributed by atoms with Gasteiger partial charge in [0.05, 0.1) is 25.5 Å². The molecule has 1 N–H and O–H groups in total. The van der Waals surface area contributed by atoms with Crippen LogP contribution in [0.2, 0.25) is 0 Å². The molecule has 0 aromatic heterocycles. The molecule has 7 heteroatoms. The van der Waals surface area contributed by atoms with E-state index in [2.05, 4.69) is 12.2 Å². The molecule has 0 saturated heterocycles. The third kappa shape index (κ3) is 8.95. The molecule has 0 saturated carbocycles. The molecule has 1 atom stereocenters. The first-order valence-corrected chi connectivity index (χ1v) is 12.0. The predicted octanol–water partition coefficient (Wildman–Crippen LogP) is 4.05. The molecule has 0 aliphatic carbocycles.